The molecule has 5 atom stereocenters. The number of rotatable bonds is 12. The van der Waals surface area contributed by atoms with Crippen LogP contribution in [0.1, 0.15) is 19.4 Å². The largest absolute Gasteiger partial charge is 0.497 e. The lowest BCUT2D eigenvalue weighted by Crippen LogP contribution is -2.52. The highest BCUT2D eigenvalue weighted by Gasteiger charge is 2.40. The third-order valence-electron chi connectivity index (χ3n) is 7.46. The molecule has 2 aromatic rings. The minimum Gasteiger partial charge on any atom is -0.497 e. The molecule has 220 valence electrons. The van der Waals surface area contributed by atoms with Crippen LogP contribution in [0.4, 0.5) is 4.79 Å². The lowest BCUT2D eigenvalue weighted by molar-refractivity contribution is -0.0687. The fourth-order valence-corrected chi connectivity index (χ4v) is 6.96. The van der Waals surface area contributed by atoms with Gasteiger partial charge in [-0.05, 0) is 42.2 Å². The third-order valence-corrected chi connectivity index (χ3v) is 9.31. The van der Waals surface area contributed by atoms with Gasteiger partial charge in [-0.25, -0.2) is 13.2 Å². The van der Waals surface area contributed by atoms with Gasteiger partial charge >= 0.3 is 6.09 Å². The van der Waals surface area contributed by atoms with E-state index in [0.29, 0.717) is 31.3 Å². The summed E-state index contributed by atoms with van der Waals surface area (Å²) in [5.41, 5.74) is 0.890. The zero-order valence-electron chi connectivity index (χ0n) is 23.4. The number of alkyl carbamates (subject to hydrolysis) is 1. The number of nitrogens with zero attached hydrogens (tertiary/aromatic N) is 1. The van der Waals surface area contributed by atoms with Crippen molar-refractivity contribution >= 4 is 16.1 Å². The average molecular weight is 576 g/mol. The normalized spacial score (nSPS) is 22.5. The fourth-order valence-electron chi connectivity index (χ4n) is 5.34. The van der Waals surface area contributed by atoms with Crippen LogP contribution in [-0.2, 0) is 25.9 Å². The molecule has 40 heavy (non-hydrogen) atoms. The lowest BCUT2D eigenvalue weighted by atomic mass is 9.89. The number of fused-ring (bicyclic) bond motifs is 1. The molecule has 1 amide bonds. The third kappa shape index (κ3) is 7.73. The molecular weight excluding hydrogens is 534 g/mol. The number of aliphatic hydroxyl groups is 1. The molecule has 3 N–H and O–H groups in total. The SMILES string of the molecule is COc1ccc(S(=O)(=O)N(CC(C)C)C[C@@H](O)[C@H](Cc2ccccc2)NC(=O)OC2COCC3CNCC32)cc1. The zero-order chi connectivity index (χ0) is 28.7. The van der Waals surface area contributed by atoms with Gasteiger partial charge in [0.05, 0.1) is 37.4 Å². The molecule has 0 bridgehead atoms. The maximum absolute atomic E-state index is 13.6. The summed E-state index contributed by atoms with van der Waals surface area (Å²) in [5, 5.41) is 17.6. The number of amides is 1. The topological polar surface area (TPSA) is 126 Å². The van der Waals surface area contributed by atoms with Gasteiger partial charge in [0.1, 0.15) is 11.9 Å². The molecule has 0 saturated carbocycles. The van der Waals surface area contributed by atoms with E-state index in [1.807, 2.05) is 44.2 Å². The number of carbonyl (C=O) groups is 1. The Kier molecular flexibility index (Phi) is 10.4. The Morgan fingerprint density at radius 2 is 1.82 bits per heavy atom. The highest BCUT2D eigenvalue weighted by atomic mass is 32.2. The number of sulfonamides is 1. The second-order valence-electron chi connectivity index (χ2n) is 11.0. The molecule has 10 nitrogen and oxygen atoms in total. The summed E-state index contributed by atoms with van der Waals surface area (Å²) in [5.74, 6) is 1.02. The van der Waals surface area contributed by atoms with Crippen LogP contribution in [0.25, 0.3) is 0 Å². The highest BCUT2D eigenvalue weighted by Crippen LogP contribution is 2.28. The molecule has 4 rings (SSSR count). The molecule has 2 saturated heterocycles. The molecule has 2 fully saturated rings. The van der Waals surface area contributed by atoms with Crippen molar-refractivity contribution in [2.45, 2.75) is 43.4 Å². The number of aliphatic hydroxyl groups excluding tert-OH is 1. The smallest absolute Gasteiger partial charge is 0.407 e. The van der Waals surface area contributed by atoms with Gasteiger partial charge < -0.3 is 30.0 Å². The van der Waals surface area contributed by atoms with E-state index in [-0.39, 0.29) is 29.8 Å². The zero-order valence-corrected chi connectivity index (χ0v) is 24.2. The molecule has 0 aliphatic carbocycles. The van der Waals surface area contributed by atoms with Crippen LogP contribution >= 0.6 is 0 Å². The first-order valence-corrected chi connectivity index (χ1v) is 15.2. The predicted molar refractivity (Wildman–Crippen MR) is 151 cm³/mol. The van der Waals surface area contributed by atoms with Gasteiger partial charge in [0.25, 0.3) is 0 Å². The summed E-state index contributed by atoms with van der Waals surface area (Å²) in [4.78, 5) is 13.2. The quantitative estimate of drug-likeness (QED) is 0.352. The molecule has 2 aromatic carbocycles. The van der Waals surface area contributed by atoms with Crippen molar-refractivity contribution in [2.24, 2.45) is 17.8 Å². The second-order valence-corrected chi connectivity index (χ2v) is 12.9. The standard InChI is InChI=1S/C29H41N3O7S/c1-20(2)16-32(40(35,36)24-11-9-23(37-3)10-12-24)17-27(33)26(13-21-7-5-4-6-8-21)31-29(34)39-28-19-38-18-22-14-30-15-25(22)28/h4-12,20,22,25-28,30,33H,13-19H2,1-3H3,(H,31,34)/t22?,25?,26-,27+,28?/m0/s1. The minimum absolute atomic E-state index is 0.00462. The van der Waals surface area contributed by atoms with E-state index >= 15 is 0 Å². The summed E-state index contributed by atoms with van der Waals surface area (Å²) >= 11 is 0. The first-order chi connectivity index (χ1) is 19.2. The van der Waals surface area contributed by atoms with Crippen LogP contribution in [0, 0.1) is 17.8 Å². The maximum Gasteiger partial charge on any atom is 0.407 e. The Morgan fingerprint density at radius 1 is 1.10 bits per heavy atom. The Labute approximate surface area is 237 Å². The fraction of sp³-hybridized carbons (Fsp3) is 0.552. The van der Waals surface area contributed by atoms with E-state index in [9.17, 15) is 18.3 Å². The van der Waals surface area contributed by atoms with E-state index in [4.69, 9.17) is 14.2 Å². The molecular formula is C29H41N3O7S. The maximum atomic E-state index is 13.6. The monoisotopic (exact) mass is 575 g/mol. The number of ether oxygens (including phenoxy) is 3. The van der Waals surface area contributed by atoms with E-state index in [2.05, 4.69) is 10.6 Å². The first-order valence-electron chi connectivity index (χ1n) is 13.8. The van der Waals surface area contributed by atoms with E-state index < -0.39 is 34.4 Å². The minimum atomic E-state index is -3.93. The van der Waals surface area contributed by atoms with E-state index in [1.54, 1.807) is 12.1 Å². The number of carbonyl (C=O) groups excluding carboxylic acids is 1. The summed E-state index contributed by atoms with van der Waals surface area (Å²) in [6.45, 7) is 6.38. The highest BCUT2D eigenvalue weighted by molar-refractivity contribution is 7.89. The van der Waals surface area contributed by atoms with Gasteiger partial charge in [0.15, 0.2) is 0 Å². The number of methoxy groups -OCH3 is 1. The molecule has 2 heterocycles. The van der Waals surface area contributed by atoms with Gasteiger partial charge in [-0.2, -0.15) is 4.31 Å². The van der Waals surface area contributed by atoms with Crippen LogP contribution in [0.15, 0.2) is 59.5 Å². The van der Waals surface area contributed by atoms with Crippen molar-refractivity contribution in [1.29, 1.82) is 0 Å². The Hall–Kier alpha value is -2.70. The van der Waals surface area contributed by atoms with Gasteiger partial charge in [-0.1, -0.05) is 44.2 Å². The number of nitrogens with one attached hydrogen (secondary N) is 2. The van der Waals surface area contributed by atoms with Crippen LogP contribution < -0.4 is 15.4 Å². The molecule has 2 aliphatic heterocycles. The van der Waals surface area contributed by atoms with Crippen molar-refractivity contribution in [1.82, 2.24) is 14.9 Å². The molecule has 2 aliphatic rings. The summed E-state index contributed by atoms with van der Waals surface area (Å²) in [6.07, 6.45) is -1.96. The van der Waals surface area contributed by atoms with Crippen molar-refractivity contribution < 1.29 is 32.5 Å². The summed E-state index contributed by atoms with van der Waals surface area (Å²) < 4.78 is 45.1. The lowest BCUT2D eigenvalue weighted by Gasteiger charge is -2.34. The predicted octanol–water partition coefficient (Wildman–Crippen LogP) is 2.27. The number of benzene rings is 2. The molecule has 0 radical (unpaired) electrons. The summed E-state index contributed by atoms with van der Waals surface area (Å²) in [7, 11) is -2.42. The molecule has 3 unspecified atom stereocenters. The van der Waals surface area contributed by atoms with Crippen LogP contribution in [-0.4, -0.2) is 88.7 Å². The Morgan fingerprint density at radius 3 is 2.50 bits per heavy atom. The van der Waals surface area contributed by atoms with E-state index in [0.717, 1.165) is 18.7 Å². The average Bonchev–Trinajstić information content (AvgIpc) is 3.43. The molecule has 0 aromatic heterocycles. The Bertz CT molecular complexity index is 1190. The van der Waals surface area contributed by atoms with Gasteiger partial charge in [0.2, 0.25) is 10.0 Å². The van der Waals surface area contributed by atoms with Crippen molar-refractivity contribution in [3.8, 4) is 5.75 Å². The van der Waals surface area contributed by atoms with E-state index in [1.165, 1.54) is 23.5 Å². The van der Waals surface area contributed by atoms with Crippen molar-refractivity contribution in [3.63, 3.8) is 0 Å². The number of hydrogen-bond acceptors (Lipinski definition) is 8. The first kappa shape index (κ1) is 30.3. The molecule has 0 spiro atoms. The Balaban J connectivity index is 1.51. The van der Waals surface area contributed by atoms with Gasteiger partial charge in [-0.15, -0.1) is 0 Å². The van der Waals surface area contributed by atoms with Crippen molar-refractivity contribution in [2.75, 3.05) is 46.5 Å². The number of hydrogen-bond donors (Lipinski definition) is 3. The van der Waals surface area contributed by atoms with Crippen LogP contribution in [0.5, 0.6) is 5.75 Å². The summed E-state index contributed by atoms with van der Waals surface area (Å²) in [6, 6.07) is 14.8. The van der Waals surface area contributed by atoms with Crippen molar-refractivity contribution in [3.05, 3.63) is 60.2 Å². The van der Waals surface area contributed by atoms with Gasteiger partial charge in [0, 0.05) is 38.0 Å². The van der Waals surface area contributed by atoms with Gasteiger partial charge in [-0.3, -0.25) is 0 Å². The van der Waals surface area contributed by atoms with Crippen LogP contribution in [0.2, 0.25) is 0 Å². The second kappa shape index (κ2) is 13.8. The van der Waals surface area contributed by atoms with Crippen LogP contribution in [0.3, 0.4) is 0 Å². The molecule has 11 heteroatoms.